The van der Waals surface area contributed by atoms with Crippen LogP contribution in [0, 0.1) is 15.2 Å². The second-order valence-corrected chi connectivity index (χ2v) is 8.95. The molecule has 10 heteroatoms. The molecule has 0 aliphatic carbocycles. The van der Waals surface area contributed by atoms with Gasteiger partial charge in [-0.2, -0.15) is 0 Å². The van der Waals surface area contributed by atoms with E-state index < -0.39 is 23.3 Å². The number of hydrogen-bond acceptors (Lipinski definition) is 4. The number of halogens is 3. The van der Waals surface area contributed by atoms with Crippen molar-refractivity contribution < 1.29 is 18.4 Å². The molecule has 0 aliphatic rings. The van der Waals surface area contributed by atoms with Crippen LogP contribution in [0.15, 0.2) is 59.4 Å². The summed E-state index contributed by atoms with van der Waals surface area (Å²) >= 11 is 1.95. The van der Waals surface area contributed by atoms with E-state index in [0.717, 1.165) is 0 Å². The maximum absolute atomic E-state index is 13.5. The lowest BCUT2D eigenvalue weighted by atomic mass is 10.1. The lowest BCUT2D eigenvalue weighted by Gasteiger charge is -2.19. The predicted molar refractivity (Wildman–Crippen MR) is 139 cm³/mol. The Morgan fingerprint density at radius 2 is 1.63 bits per heavy atom. The molecule has 0 saturated carbocycles. The molecular formula is C25H25F2IN4O3. The molecule has 2 aromatic carbocycles. The molecular weight excluding hydrogens is 569 g/mol. The van der Waals surface area contributed by atoms with Crippen LogP contribution in [0.2, 0.25) is 0 Å². The van der Waals surface area contributed by atoms with Gasteiger partial charge < -0.3 is 16.0 Å². The summed E-state index contributed by atoms with van der Waals surface area (Å²) in [5.74, 6) is -1.64. The summed E-state index contributed by atoms with van der Waals surface area (Å²) in [6, 6.07) is 12.4. The minimum Gasteiger partial charge on any atom is -0.350 e. The topological polar surface area (TPSA) is 92.2 Å². The third kappa shape index (κ3) is 6.73. The number of anilines is 1. The highest BCUT2D eigenvalue weighted by Gasteiger charge is 2.21. The molecule has 3 N–H and O–H groups in total. The molecule has 184 valence electrons. The predicted octanol–water partition coefficient (Wildman–Crippen LogP) is 3.65. The normalized spacial score (nSPS) is 11.7. The van der Waals surface area contributed by atoms with Crippen molar-refractivity contribution >= 4 is 40.1 Å². The van der Waals surface area contributed by atoms with Gasteiger partial charge in [-0.1, -0.05) is 19.1 Å². The Morgan fingerprint density at radius 1 is 1.03 bits per heavy atom. The fraction of sp³-hybridized carbons (Fsp3) is 0.240. The summed E-state index contributed by atoms with van der Waals surface area (Å²) in [7, 11) is 1.65. The molecule has 0 saturated heterocycles. The van der Waals surface area contributed by atoms with Crippen LogP contribution in [-0.4, -0.2) is 29.5 Å². The number of nitrogens with zero attached hydrogens (tertiary/aromatic N) is 1. The van der Waals surface area contributed by atoms with Crippen molar-refractivity contribution in [2.45, 2.75) is 32.5 Å². The van der Waals surface area contributed by atoms with Crippen molar-refractivity contribution in [2.75, 3.05) is 12.4 Å². The minimum atomic E-state index is -0.563. The monoisotopic (exact) mass is 594 g/mol. The van der Waals surface area contributed by atoms with Gasteiger partial charge in [-0.25, -0.2) is 8.78 Å². The van der Waals surface area contributed by atoms with E-state index in [2.05, 4.69) is 16.0 Å². The Morgan fingerprint density at radius 3 is 2.20 bits per heavy atom. The number of carbonyl (C=O) groups is 2. The van der Waals surface area contributed by atoms with Crippen molar-refractivity contribution in [3.63, 3.8) is 0 Å². The maximum Gasteiger partial charge on any atom is 0.276 e. The van der Waals surface area contributed by atoms with Gasteiger partial charge in [-0.15, -0.1) is 0 Å². The smallest absolute Gasteiger partial charge is 0.276 e. The van der Waals surface area contributed by atoms with Gasteiger partial charge in [0.25, 0.3) is 5.56 Å². The number of rotatable bonds is 9. The molecule has 35 heavy (non-hydrogen) atoms. The molecule has 1 atom stereocenters. The highest BCUT2D eigenvalue weighted by atomic mass is 127. The Hall–Kier alpha value is -3.12. The molecule has 3 rings (SSSR count). The summed E-state index contributed by atoms with van der Waals surface area (Å²) in [6.07, 6.45) is 0.520. The van der Waals surface area contributed by atoms with Gasteiger partial charge in [0.1, 0.15) is 23.9 Å². The van der Waals surface area contributed by atoms with E-state index in [1.807, 2.05) is 29.5 Å². The Labute approximate surface area is 215 Å². The van der Waals surface area contributed by atoms with Crippen LogP contribution in [0.1, 0.15) is 18.9 Å². The standard InChI is InChI=1S/C25H25F2IN4O3/c1-3-20(29-2)24(34)31-23-19(28)12-21(16-6-10-18(27)11-7-16)32(25(23)35)14-22(33)30-13-15-4-8-17(26)9-5-15/h4-12,20,29H,3,13-14H2,1-2H3,(H,30,33)(H,31,34). The molecule has 1 aromatic heterocycles. The largest absolute Gasteiger partial charge is 0.350 e. The highest BCUT2D eigenvalue weighted by Crippen LogP contribution is 2.24. The van der Waals surface area contributed by atoms with Crippen LogP contribution in [0.3, 0.4) is 0 Å². The number of amides is 2. The summed E-state index contributed by atoms with van der Waals surface area (Å²) in [5.41, 5.74) is 1.12. The van der Waals surface area contributed by atoms with E-state index >= 15 is 0 Å². The fourth-order valence-electron chi connectivity index (χ4n) is 3.48. The molecule has 1 heterocycles. The zero-order chi connectivity index (χ0) is 25.5. The Kier molecular flexibility index (Phi) is 9.10. The summed E-state index contributed by atoms with van der Waals surface area (Å²) in [5, 5.41) is 8.28. The number of pyridine rings is 1. The number of likely N-dealkylation sites (N-methyl/N-ethyl adjacent to an activating group) is 1. The van der Waals surface area contributed by atoms with Gasteiger partial charge in [0.05, 0.1) is 11.7 Å². The van der Waals surface area contributed by atoms with Crippen molar-refractivity contribution in [2.24, 2.45) is 0 Å². The summed E-state index contributed by atoms with van der Waals surface area (Å²) < 4.78 is 28.3. The van der Waals surface area contributed by atoms with Crippen LogP contribution in [0.25, 0.3) is 11.3 Å². The Bertz CT molecular complexity index is 1260. The zero-order valence-corrected chi connectivity index (χ0v) is 21.4. The molecule has 0 bridgehead atoms. The van der Waals surface area contributed by atoms with Gasteiger partial charge in [0.2, 0.25) is 11.8 Å². The fourth-order valence-corrected chi connectivity index (χ4v) is 4.14. The van der Waals surface area contributed by atoms with Gasteiger partial charge in [-0.05, 0) is 89.7 Å². The number of carbonyl (C=O) groups excluding carboxylic acids is 2. The summed E-state index contributed by atoms with van der Waals surface area (Å²) in [6.45, 7) is 1.65. The second kappa shape index (κ2) is 12.0. The van der Waals surface area contributed by atoms with Gasteiger partial charge in [-0.3, -0.25) is 19.0 Å². The number of nitrogens with one attached hydrogen (secondary N) is 3. The number of hydrogen-bond donors (Lipinski definition) is 3. The highest BCUT2D eigenvalue weighted by molar-refractivity contribution is 14.1. The second-order valence-electron chi connectivity index (χ2n) is 7.79. The average Bonchev–Trinajstić information content (AvgIpc) is 2.84. The minimum absolute atomic E-state index is 0.0569. The lowest BCUT2D eigenvalue weighted by molar-refractivity contribution is -0.121. The first-order valence-electron chi connectivity index (χ1n) is 10.9. The SMILES string of the molecule is CCC(NC)C(=O)Nc1c(I)cc(-c2ccc(F)cc2)n(CC(=O)NCc2ccc(F)cc2)c1=O. The van der Waals surface area contributed by atoms with E-state index in [9.17, 15) is 23.2 Å². The van der Waals surface area contributed by atoms with E-state index in [4.69, 9.17) is 0 Å². The van der Waals surface area contributed by atoms with Crippen LogP contribution in [0.4, 0.5) is 14.5 Å². The molecule has 0 radical (unpaired) electrons. The lowest BCUT2D eigenvalue weighted by Crippen LogP contribution is -2.40. The van der Waals surface area contributed by atoms with Crippen LogP contribution >= 0.6 is 22.6 Å². The quantitative estimate of drug-likeness (QED) is 0.330. The summed E-state index contributed by atoms with van der Waals surface area (Å²) in [4.78, 5) is 38.8. The maximum atomic E-state index is 13.5. The third-order valence-electron chi connectivity index (χ3n) is 5.42. The van der Waals surface area contributed by atoms with E-state index in [1.54, 1.807) is 25.2 Å². The van der Waals surface area contributed by atoms with Crippen molar-refractivity contribution in [1.29, 1.82) is 0 Å². The van der Waals surface area contributed by atoms with Crippen molar-refractivity contribution in [1.82, 2.24) is 15.2 Å². The zero-order valence-electron chi connectivity index (χ0n) is 19.2. The first-order valence-corrected chi connectivity index (χ1v) is 12.0. The molecule has 0 spiro atoms. The molecule has 1 unspecified atom stereocenters. The van der Waals surface area contributed by atoms with Crippen LogP contribution in [0.5, 0.6) is 0 Å². The number of benzene rings is 2. The van der Waals surface area contributed by atoms with Gasteiger partial charge in [0, 0.05) is 10.1 Å². The molecule has 0 aliphatic heterocycles. The third-order valence-corrected chi connectivity index (χ3v) is 6.27. The first-order chi connectivity index (χ1) is 16.7. The van der Waals surface area contributed by atoms with Crippen LogP contribution < -0.4 is 21.5 Å². The van der Waals surface area contributed by atoms with Gasteiger partial charge >= 0.3 is 0 Å². The van der Waals surface area contributed by atoms with Crippen molar-refractivity contribution in [3.05, 3.63) is 85.7 Å². The molecule has 0 fully saturated rings. The van der Waals surface area contributed by atoms with Crippen LogP contribution in [-0.2, 0) is 22.7 Å². The van der Waals surface area contributed by atoms with Crippen molar-refractivity contribution in [3.8, 4) is 11.3 Å². The number of aromatic nitrogens is 1. The van der Waals surface area contributed by atoms with E-state index in [-0.39, 0.29) is 30.5 Å². The average molecular weight is 594 g/mol. The molecule has 7 nitrogen and oxygen atoms in total. The van der Waals surface area contributed by atoms with E-state index in [0.29, 0.717) is 26.8 Å². The van der Waals surface area contributed by atoms with Gasteiger partial charge in [0.15, 0.2) is 0 Å². The Balaban J connectivity index is 1.95. The van der Waals surface area contributed by atoms with E-state index in [1.165, 1.54) is 41.0 Å². The molecule has 2 amide bonds. The first kappa shape index (κ1) is 26.5. The molecule has 3 aromatic rings.